The summed E-state index contributed by atoms with van der Waals surface area (Å²) in [6.45, 7) is 4.10. The Morgan fingerprint density at radius 3 is 2.67 bits per heavy atom. The lowest BCUT2D eigenvalue weighted by atomic mass is 9.83. The van der Waals surface area contributed by atoms with Crippen LogP contribution >= 0.6 is 0 Å². The lowest BCUT2D eigenvalue weighted by molar-refractivity contribution is -0.884. The number of carbonyl (C=O) groups excluding carboxylic acids is 1. The molecule has 1 aromatic heterocycles. The van der Waals surface area contributed by atoms with Crippen molar-refractivity contribution >= 4 is 17.6 Å². The molecule has 1 fully saturated rings. The van der Waals surface area contributed by atoms with Crippen molar-refractivity contribution in [2.45, 2.75) is 51.1 Å². The van der Waals surface area contributed by atoms with Crippen molar-refractivity contribution in [2.75, 3.05) is 59.6 Å². The molecule has 0 bridgehead atoms. The molecule has 1 amide bonds. The van der Waals surface area contributed by atoms with Gasteiger partial charge in [0.2, 0.25) is 18.4 Å². The fraction of sp³-hybridized carbons (Fsp3) is 0.486. The van der Waals surface area contributed by atoms with Gasteiger partial charge in [-0.25, -0.2) is 9.97 Å². The summed E-state index contributed by atoms with van der Waals surface area (Å²) in [6, 6.07) is 13.3. The molecule has 3 heterocycles. The molecule has 3 aromatic rings. The third-order valence-electron chi connectivity index (χ3n) is 8.74. The van der Waals surface area contributed by atoms with Crippen LogP contribution in [0, 0.1) is 5.92 Å². The summed E-state index contributed by atoms with van der Waals surface area (Å²) in [4.78, 5) is 39.6. The number of carboxylic acid groups (broad SMARTS) is 1. The highest BCUT2D eigenvalue weighted by Crippen LogP contribution is 2.47. The predicted octanol–water partition coefficient (Wildman–Crippen LogP) is 4.35. The van der Waals surface area contributed by atoms with E-state index < -0.39 is 23.8 Å². The molecular weight excluding hydrogens is 586 g/mol. The topological polar surface area (TPSA) is 114 Å². The van der Waals surface area contributed by atoms with Crippen LogP contribution < -0.4 is 19.1 Å². The lowest BCUT2D eigenvalue weighted by Crippen LogP contribution is -2.44. The standard InChI is InChI=1S/C35H45N5O6/c1-6-7-15-39(27-10-8-9-24(16-27)21-40(2,3)4)32(41)20-38-19-28(25-17-30(44-5)34-31(18-25)45-23-46-34)33(35(42)43)29(38)12-11-26-13-14-36-22-37-26/h8-10,13-14,16-18,22,28-29,33H,6-7,11-12,15,19-21,23H2,1-5H3/p+1. The molecule has 3 atom stereocenters. The zero-order valence-corrected chi connectivity index (χ0v) is 27.5. The smallest absolute Gasteiger partial charge is 0.308 e. The number of unbranched alkanes of at least 4 members (excludes halogenated alkanes) is 1. The minimum absolute atomic E-state index is 0.0454. The number of likely N-dealkylation sites (tertiary alicyclic amines) is 1. The molecule has 46 heavy (non-hydrogen) atoms. The molecule has 5 rings (SSSR count). The molecule has 1 N–H and O–H groups in total. The van der Waals surface area contributed by atoms with Crippen LogP contribution in [-0.4, -0.2) is 97.1 Å². The Labute approximate surface area is 271 Å². The summed E-state index contributed by atoms with van der Waals surface area (Å²) in [5.41, 5.74) is 3.64. The van der Waals surface area contributed by atoms with Gasteiger partial charge in [-0.2, -0.15) is 0 Å². The molecule has 1 saturated heterocycles. The largest absolute Gasteiger partial charge is 0.493 e. The number of methoxy groups -OCH3 is 1. The Hall–Kier alpha value is -4.22. The first kappa shape index (κ1) is 33.2. The highest BCUT2D eigenvalue weighted by molar-refractivity contribution is 5.95. The summed E-state index contributed by atoms with van der Waals surface area (Å²) < 4.78 is 17.6. The first-order valence-corrected chi connectivity index (χ1v) is 16.0. The quantitative estimate of drug-likeness (QED) is 0.259. The van der Waals surface area contributed by atoms with Gasteiger partial charge in [0.1, 0.15) is 12.9 Å². The average Bonchev–Trinajstić information content (AvgIpc) is 3.64. The molecule has 2 aliphatic rings. The van der Waals surface area contributed by atoms with Gasteiger partial charge in [0.15, 0.2) is 11.5 Å². The number of aryl methyl sites for hydroxylation is 1. The van der Waals surface area contributed by atoms with Crippen molar-refractivity contribution < 1.29 is 33.4 Å². The van der Waals surface area contributed by atoms with Crippen LogP contribution in [0.1, 0.15) is 48.9 Å². The van der Waals surface area contributed by atoms with Gasteiger partial charge in [-0.3, -0.25) is 14.5 Å². The maximum atomic E-state index is 14.3. The molecule has 3 unspecified atom stereocenters. The van der Waals surface area contributed by atoms with Crippen molar-refractivity contribution in [1.82, 2.24) is 14.9 Å². The minimum Gasteiger partial charge on any atom is -0.493 e. The van der Waals surface area contributed by atoms with Gasteiger partial charge in [0, 0.05) is 48.2 Å². The Morgan fingerprint density at radius 1 is 1.15 bits per heavy atom. The highest BCUT2D eigenvalue weighted by atomic mass is 16.7. The zero-order chi connectivity index (χ0) is 32.8. The number of carboxylic acids is 1. The molecule has 246 valence electrons. The van der Waals surface area contributed by atoms with Gasteiger partial charge in [-0.1, -0.05) is 25.5 Å². The SMILES string of the molecule is CCCCN(C(=O)CN1CC(c2cc(OC)c3c(c2)OCO3)C(C(=O)O)C1CCc1ccncn1)c1cccc(C[N+](C)(C)C)c1. The Bertz CT molecular complexity index is 1510. The molecule has 2 aromatic carbocycles. The third-order valence-corrected chi connectivity index (χ3v) is 8.74. The molecule has 0 spiro atoms. The van der Waals surface area contributed by atoms with E-state index in [1.54, 1.807) is 13.3 Å². The maximum Gasteiger partial charge on any atom is 0.308 e. The summed E-state index contributed by atoms with van der Waals surface area (Å²) in [6.07, 6.45) is 6.08. The van der Waals surface area contributed by atoms with E-state index in [-0.39, 0.29) is 19.2 Å². The number of rotatable bonds is 14. The van der Waals surface area contributed by atoms with Crippen molar-refractivity contribution in [3.8, 4) is 17.2 Å². The number of amides is 1. The molecule has 2 aliphatic heterocycles. The van der Waals surface area contributed by atoms with Crippen LogP contribution in [0.4, 0.5) is 5.69 Å². The van der Waals surface area contributed by atoms with Gasteiger partial charge in [0.25, 0.3) is 0 Å². The number of hydrogen-bond acceptors (Lipinski definition) is 8. The number of ether oxygens (including phenoxy) is 3. The van der Waals surface area contributed by atoms with Crippen LogP contribution in [-0.2, 0) is 22.6 Å². The number of fused-ring (bicyclic) bond motifs is 1. The molecule has 11 nitrogen and oxygen atoms in total. The van der Waals surface area contributed by atoms with Crippen LogP contribution in [0.2, 0.25) is 0 Å². The number of aliphatic carboxylic acids is 1. The van der Waals surface area contributed by atoms with Crippen LogP contribution in [0.15, 0.2) is 55.0 Å². The number of aromatic nitrogens is 2. The Kier molecular flexibility index (Phi) is 10.4. The van der Waals surface area contributed by atoms with Crippen molar-refractivity contribution in [3.63, 3.8) is 0 Å². The van der Waals surface area contributed by atoms with E-state index in [1.165, 1.54) is 6.33 Å². The van der Waals surface area contributed by atoms with Crippen molar-refractivity contribution in [1.29, 1.82) is 0 Å². The van der Waals surface area contributed by atoms with E-state index >= 15 is 0 Å². The second kappa shape index (κ2) is 14.5. The Balaban J connectivity index is 1.47. The zero-order valence-electron chi connectivity index (χ0n) is 27.5. The van der Waals surface area contributed by atoms with E-state index in [2.05, 4.69) is 55.1 Å². The monoisotopic (exact) mass is 632 g/mol. The number of carbonyl (C=O) groups is 2. The molecular formula is C35H46N5O6+. The number of benzene rings is 2. The van der Waals surface area contributed by atoms with E-state index in [0.717, 1.165) is 46.4 Å². The van der Waals surface area contributed by atoms with E-state index in [0.29, 0.717) is 43.2 Å². The van der Waals surface area contributed by atoms with Crippen LogP contribution in [0.5, 0.6) is 17.2 Å². The summed E-state index contributed by atoms with van der Waals surface area (Å²) in [5.74, 6) is -0.568. The molecule has 0 aliphatic carbocycles. The first-order valence-electron chi connectivity index (χ1n) is 16.0. The fourth-order valence-electron chi connectivity index (χ4n) is 6.66. The predicted molar refractivity (Wildman–Crippen MR) is 174 cm³/mol. The summed E-state index contributed by atoms with van der Waals surface area (Å²) >= 11 is 0. The number of nitrogens with zero attached hydrogens (tertiary/aromatic N) is 5. The molecule has 11 heteroatoms. The second-order valence-electron chi connectivity index (χ2n) is 13.2. The van der Waals surface area contributed by atoms with E-state index in [9.17, 15) is 14.7 Å². The third kappa shape index (κ3) is 7.76. The van der Waals surface area contributed by atoms with Crippen molar-refractivity contribution in [3.05, 3.63) is 71.8 Å². The fourth-order valence-corrected chi connectivity index (χ4v) is 6.66. The maximum absolute atomic E-state index is 14.3. The van der Waals surface area contributed by atoms with Gasteiger partial charge in [0.05, 0.1) is 40.7 Å². The highest BCUT2D eigenvalue weighted by Gasteiger charge is 2.47. The van der Waals surface area contributed by atoms with Gasteiger partial charge in [-0.15, -0.1) is 0 Å². The van der Waals surface area contributed by atoms with Crippen molar-refractivity contribution in [2.24, 2.45) is 5.92 Å². The average molecular weight is 633 g/mol. The van der Waals surface area contributed by atoms with Gasteiger partial charge < -0.3 is 28.7 Å². The first-order chi connectivity index (χ1) is 22.1. The van der Waals surface area contributed by atoms with Gasteiger partial charge in [-0.05, 0) is 55.2 Å². The molecule has 0 radical (unpaired) electrons. The number of quaternary nitrogens is 1. The van der Waals surface area contributed by atoms with E-state index in [4.69, 9.17) is 14.2 Å². The lowest BCUT2D eigenvalue weighted by Gasteiger charge is -2.30. The minimum atomic E-state index is -0.903. The second-order valence-corrected chi connectivity index (χ2v) is 13.2. The summed E-state index contributed by atoms with van der Waals surface area (Å²) in [5, 5.41) is 10.7. The molecule has 0 saturated carbocycles. The normalized spacial score (nSPS) is 19.3. The summed E-state index contributed by atoms with van der Waals surface area (Å²) in [7, 11) is 7.99. The van der Waals surface area contributed by atoms with Gasteiger partial charge >= 0.3 is 5.97 Å². The van der Waals surface area contributed by atoms with Crippen LogP contribution in [0.25, 0.3) is 0 Å². The van der Waals surface area contributed by atoms with E-state index in [1.807, 2.05) is 35.2 Å². The number of anilines is 1. The van der Waals surface area contributed by atoms with Crippen LogP contribution in [0.3, 0.4) is 0 Å². The Morgan fingerprint density at radius 2 is 1.98 bits per heavy atom. The number of hydrogen-bond donors (Lipinski definition) is 1.